The molecule has 2 atom stereocenters. The molecule has 1 aliphatic rings. The molecule has 38 heavy (non-hydrogen) atoms. The molecule has 4 aromatic rings. The van der Waals surface area contributed by atoms with Gasteiger partial charge in [0.25, 0.3) is 0 Å². The highest BCUT2D eigenvalue weighted by atomic mass is 32.1. The van der Waals surface area contributed by atoms with E-state index in [1.54, 1.807) is 30.7 Å². The molecule has 0 spiro atoms. The van der Waals surface area contributed by atoms with E-state index >= 15 is 0 Å². The Bertz CT molecular complexity index is 1420. The number of nitrogens with one attached hydrogen (secondary N) is 2. The molecule has 1 amide bonds. The number of rotatable bonds is 8. The molecule has 0 saturated carbocycles. The summed E-state index contributed by atoms with van der Waals surface area (Å²) in [7, 11) is 0. The first-order valence-corrected chi connectivity index (χ1v) is 12.9. The summed E-state index contributed by atoms with van der Waals surface area (Å²) < 4.78 is 15.5. The lowest BCUT2D eigenvalue weighted by Crippen LogP contribution is -2.33. The number of hydrogen-bond acceptors (Lipinski definition) is 4. The minimum absolute atomic E-state index is 0.145. The third-order valence-electron chi connectivity index (χ3n) is 6.93. The number of carbonyl (C=O) groups excluding carboxylic acids is 1. The van der Waals surface area contributed by atoms with Crippen molar-refractivity contribution in [2.24, 2.45) is 0 Å². The molecular weight excluding hydrogens is 499 g/mol. The van der Waals surface area contributed by atoms with E-state index in [0.29, 0.717) is 17.3 Å². The van der Waals surface area contributed by atoms with Crippen LogP contribution in [-0.2, 0) is 11.3 Å². The first-order valence-electron chi connectivity index (χ1n) is 12.5. The van der Waals surface area contributed by atoms with Gasteiger partial charge in [-0.1, -0.05) is 6.07 Å². The zero-order chi connectivity index (χ0) is 26.6. The number of anilines is 1. The fourth-order valence-corrected chi connectivity index (χ4v) is 5.34. The topological polar surface area (TPSA) is 75.1 Å². The molecule has 0 radical (unpaired) electrons. The van der Waals surface area contributed by atoms with E-state index in [1.807, 2.05) is 30.3 Å². The monoisotopic (exact) mass is 528 g/mol. The quantitative estimate of drug-likeness (QED) is 0.311. The Labute approximate surface area is 226 Å². The Morgan fingerprint density at radius 3 is 2.55 bits per heavy atom. The van der Waals surface area contributed by atoms with Crippen molar-refractivity contribution in [3.8, 4) is 0 Å². The van der Waals surface area contributed by atoms with E-state index < -0.39 is 0 Å². The molecule has 0 aliphatic carbocycles. The van der Waals surface area contributed by atoms with Gasteiger partial charge in [-0.3, -0.25) is 14.8 Å². The second kappa shape index (κ2) is 11.1. The lowest BCUT2D eigenvalue weighted by Gasteiger charge is -2.28. The fraction of sp³-hybridized carbons (Fsp3) is 0.241. The predicted molar refractivity (Wildman–Crippen MR) is 149 cm³/mol. The maximum Gasteiger partial charge on any atom is 0.226 e. The number of carbonyl (C=O) groups is 1. The second-order valence-electron chi connectivity index (χ2n) is 9.39. The van der Waals surface area contributed by atoms with Crippen LogP contribution < -0.4 is 10.6 Å². The largest absolute Gasteiger partial charge is 0.352 e. The number of halogens is 1. The van der Waals surface area contributed by atoms with Gasteiger partial charge < -0.3 is 20.1 Å². The van der Waals surface area contributed by atoms with Crippen molar-refractivity contribution in [2.45, 2.75) is 38.9 Å². The van der Waals surface area contributed by atoms with E-state index in [0.717, 1.165) is 29.2 Å². The summed E-state index contributed by atoms with van der Waals surface area (Å²) in [6.45, 7) is 5.38. The third kappa shape index (κ3) is 5.43. The zero-order valence-electron chi connectivity index (χ0n) is 21.3. The number of aryl methyl sites for hydroxylation is 1. The molecule has 4 heterocycles. The van der Waals surface area contributed by atoms with Gasteiger partial charge >= 0.3 is 0 Å². The first kappa shape index (κ1) is 25.5. The molecule has 1 saturated heterocycles. The molecule has 2 N–H and O–H groups in total. The summed E-state index contributed by atoms with van der Waals surface area (Å²) in [5, 5.41) is 6.88. The van der Waals surface area contributed by atoms with Crippen LogP contribution in [0.1, 0.15) is 46.7 Å². The van der Waals surface area contributed by atoms with Gasteiger partial charge in [-0.15, -0.1) is 0 Å². The van der Waals surface area contributed by atoms with E-state index in [2.05, 4.69) is 50.0 Å². The maximum absolute atomic E-state index is 13.2. The maximum atomic E-state index is 13.2. The summed E-state index contributed by atoms with van der Waals surface area (Å²) in [6.07, 6.45) is 5.61. The van der Waals surface area contributed by atoms with Gasteiger partial charge in [0.15, 0.2) is 5.11 Å². The van der Waals surface area contributed by atoms with Crippen LogP contribution in [0.3, 0.4) is 0 Å². The fourth-order valence-electron chi connectivity index (χ4n) is 5.00. The Morgan fingerprint density at radius 2 is 1.84 bits per heavy atom. The summed E-state index contributed by atoms with van der Waals surface area (Å²) in [5.74, 6) is -0.510. The average Bonchev–Trinajstić information content (AvgIpc) is 3.40. The molecule has 1 aromatic carbocycles. The van der Waals surface area contributed by atoms with Crippen LogP contribution in [0, 0.1) is 19.7 Å². The zero-order valence-corrected chi connectivity index (χ0v) is 22.1. The van der Waals surface area contributed by atoms with Crippen LogP contribution in [0.5, 0.6) is 0 Å². The summed E-state index contributed by atoms with van der Waals surface area (Å²) in [6, 6.07) is 17.5. The number of aromatic nitrogens is 3. The number of hydrogen-bond donors (Lipinski definition) is 2. The highest BCUT2D eigenvalue weighted by molar-refractivity contribution is 7.80. The smallest absolute Gasteiger partial charge is 0.226 e. The number of pyridine rings is 2. The van der Waals surface area contributed by atoms with Gasteiger partial charge in [-0.25, -0.2) is 4.39 Å². The number of amides is 1. The van der Waals surface area contributed by atoms with Gasteiger partial charge in [0.2, 0.25) is 5.91 Å². The Balaban J connectivity index is 1.42. The van der Waals surface area contributed by atoms with Crippen molar-refractivity contribution in [1.82, 2.24) is 24.8 Å². The number of thiocarbonyl (C=S) groups is 1. The molecule has 9 heteroatoms. The van der Waals surface area contributed by atoms with Gasteiger partial charge in [-0.05, 0) is 91.8 Å². The van der Waals surface area contributed by atoms with E-state index in [-0.39, 0.29) is 30.2 Å². The van der Waals surface area contributed by atoms with Crippen LogP contribution in [0.4, 0.5) is 10.1 Å². The summed E-state index contributed by atoms with van der Waals surface area (Å²) >= 11 is 5.78. The van der Waals surface area contributed by atoms with Crippen molar-refractivity contribution in [1.29, 1.82) is 0 Å². The van der Waals surface area contributed by atoms with Gasteiger partial charge in [0.05, 0.1) is 17.8 Å². The summed E-state index contributed by atoms with van der Waals surface area (Å²) in [4.78, 5) is 23.6. The molecule has 5 rings (SSSR count). The van der Waals surface area contributed by atoms with Gasteiger partial charge in [0, 0.05) is 55.2 Å². The molecule has 194 valence electrons. The predicted octanol–water partition coefficient (Wildman–Crippen LogP) is 5.08. The Hall–Kier alpha value is -4.11. The van der Waals surface area contributed by atoms with Gasteiger partial charge in [0.1, 0.15) is 5.82 Å². The van der Waals surface area contributed by atoms with Crippen LogP contribution >= 0.6 is 12.2 Å². The minimum Gasteiger partial charge on any atom is -0.352 e. The Morgan fingerprint density at radius 1 is 1.08 bits per heavy atom. The van der Waals surface area contributed by atoms with Crippen molar-refractivity contribution in [3.63, 3.8) is 0 Å². The SMILES string of the molecule is Cc1cc([C@@H]2[C@@H](c3ccccn3)NC(=S)N2CCC(=O)Nc2ccc(F)cc2)c(C)n1Cc1ccncc1. The van der Waals surface area contributed by atoms with Crippen molar-refractivity contribution >= 4 is 28.9 Å². The Kier molecular flexibility index (Phi) is 7.46. The van der Waals surface area contributed by atoms with E-state index in [4.69, 9.17) is 12.2 Å². The normalized spacial score (nSPS) is 16.9. The molecule has 1 fully saturated rings. The third-order valence-corrected chi connectivity index (χ3v) is 7.28. The molecule has 3 aromatic heterocycles. The van der Waals surface area contributed by atoms with Crippen LogP contribution in [0.2, 0.25) is 0 Å². The highest BCUT2D eigenvalue weighted by Gasteiger charge is 2.41. The molecule has 0 bridgehead atoms. The van der Waals surface area contributed by atoms with Crippen molar-refractivity contribution in [2.75, 3.05) is 11.9 Å². The van der Waals surface area contributed by atoms with Crippen molar-refractivity contribution in [3.05, 3.63) is 113 Å². The second-order valence-corrected chi connectivity index (χ2v) is 9.78. The van der Waals surface area contributed by atoms with Crippen LogP contribution in [-0.4, -0.2) is 37.0 Å². The molecule has 7 nitrogen and oxygen atoms in total. The standard InChI is InChI=1S/C29H29FN6OS/c1-19-17-24(20(2)36(19)18-21-10-14-31-15-11-21)28-27(25-5-3-4-13-32-25)34-29(38)35(28)16-12-26(37)33-23-8-6-22(30)7-9-23/h3-11,13-15,17,27-28H,12,16,18H2,1-2H3,(H,33,37)(H,34,38)/t27-,28-/m1/s1. The first-order chi connectivity index (χ1) is 18.4. The lowest BCUT2D eigenvalue weighted by molar-refractivity contribution is -0.116. The summed E-state index contributed by atoms with van der Waals surface area (Å²) in [5.41, 5.74) is 6.03. The van der Waals surface area contributed by atoms with E-state index in [1.165, 1.54) is 17.7 Å². The molecular formula is C29H29FN6OS. The van der Waals surface area contributed by atoms with Crippen LogP contribution in [0.25, 0.3) is 0 Å². The average molecular weight is 529 g/mol. The minimum atomic E-state index is -0.346. The lowest BCUT2D eigenvalue weighted by atomic mass is 9.96. The van der Waals surface area contributed by atoms with Crippen molar-refractivity contribution < 1.29 is 9.18 Å². The molecule has 1 aliphatic heterocycles. The van der Waals surface area contributed by atoms with E-state index in [9.17, 15) is 9.18 Å². The number of benzene rings is 1. The van der Waals surface area contributed by atoms with Gasteiger partial charge in [-0.2, -0.15) is 0 Å². The number of nitrogens with zero attached hydrogens (tertiary/aromatic N) is 4. The molecule has 0 unspecified atom stereocenters. The highest BCUT2D eigenvalue weighted by Crippen LogP contribution is 2.41. The van der Waals surface area contributed by atoms with Crippen LogP contribution in [0.15, 0.2) is 79.3 Å².